The van der Waals surface area contributed by atoms with Gasteiger partial charge in [-0.15, -0.1) is 0 Å². The Kier molecular flexibility index (Phi) is 6.66. The predicted molar refractivity (Wildman–Crippen MR) is 80.6 cm³/mol. The number of pyridine rings is 1. The van der Waals surface area contributed by atoms with Crippen LogP contribution in [0.1, 0.15) is 12.8 Å². The summed E-state index contributed by atoms with van der Waals surface area (Å²) in [6, 6.07) is 3.23. The Hall–Kier alpha value is -1.80. The van der Waals surface area contributed by atoms with Gasteiger partial charge >= 0.3 is 0 Å². The Balaban J connectivity index is 1.83. The number of piperidine rings is 1. The summed E-state index contributed by atoms with van der Waals surface area (Å²) in [6.07, 6.45) is 0.303. The zero-order valence-corrected chi connectivity index (χ0v) is 12.8. The zero-order chi connectivity index (χ0) is 16.7. The molecule has 0 saturated carbocycles. The van der Waals surface area contributed by atoms with Crippen molar-refractivity contribution in [3.8, 4) is 5.88 Å². The maximum atomic E-state index is 12.3. The normalized spacial score (nSPS) is 16.5. The first-order valence-electron chi connectivity index (χ1n) is 7.59. The second-order valence-corrected chi connectivity index (χ2v) is 5.41. The van der Waals surface area contributed by atoms with Crippen molar-refractivity contribution in [2.24, 2.45) is 5.92 Å². The third-order valence-electron chi connectivity index (χ3n) is 3.70. The Morgan fingerprint density at radius 3 is 2.87 bits per heavy atom. The first-order chi connectivity index (χ1) is 11.1. The van der Waals surface area contributed by atoms with Crippen LogP contribution in [0.4, 0.5) is 14.5 Å². The summed E-state index contributed by atoms with van der Waals surface area (Å²) in [7, 11) is 0. The van der Waals surface area contributed by atoms with Gasteiger partial charge in [-0.3, -0.25) is 9.69 Å². The van der Waals surface area contributed by atoms with E-state index in [1.54, 1.807) is 17.0 Å². The van der Waals surface area contributed by atoms with E-state index in [1.807, 2.05) is 0 Å². The van der Waals surface area contributed by atoms with Crippen LogP contribution >= 0.6 is 0 Å². The fourth-order valence-electron chi connectivity index (χ4n) is 2.53. The molecule has 1 aromatic heterocycles. The number of aromatic nitrogens is 1. The lowest BCUT2D eigenvalue weighted by molar-refractivity contribution is -0.121. The summed E-state index contributed by atoms with van der Waals surface area (Å²) >= 11 is 0. The van der Waals surface area contributed by atoms with Crippen molar-refractivity contribution < 1.29 is 23.4 Å². The lowest BCUT2D eigenvalue weighted by Crippen LogP contribution is -2.40. The number of carbonyl (C=O) groups is 1. The molecule has 1 amide bonds. The molecule has 6 nitrogen and oxygen atoms in total. The highest BCUT2D eigenvalue weighted by molar-refractivity contribution is 5.92. The minimum absolute atomic E-state index is 0.116. The minimum atomic E-state index is -2.34. The van der Waals surface area contributed by atoms with Crippen LogP contribution in [0, 0.1) is 5.92 Å². The molecule has 0 bridgehead atoms. The molecule has 0 unspecified atom stereocenters. The molecule has 1 aliphatic rings. The molecule has 1 fully saturated rings. The number of hydrogen-bond acceptors (Lipinski definition) is 5. The number of aliphatic hydroxyl groups is 1. The number of likely N-dealkylation sites (tertiary alicyclic amines) is 1. The van der Waals surface area contributed by atoms with Crippen LogP contribution < -0.4 is 10.1 Å². The molecule has 0 spiro atoms. The Morgan fingerprint density at radius 2 is 2.22 bits per heavy atom. The summed E-state index contributed by atoms with van der Waals surface area (Å²) in [5.41, 5.74) is 0.563. The molecule has 0 radical (unpaired) electrons. The maximum absolute atomic E-state index is 12.3. The average molecular weight is 329 g/mol. The second-order valence-electron chi connectivity index (χ2n) is 5.41. The molecule has 23 heavy (non-hydrogen) atoms. The van der Waals surface area contributed by atoms with Crippen LogP contribution in [0.25, 0.3) is 0 Å². The fourth-order valence-corrected chi connectivity index (χ4v) is 2.53. The number of nitrogens with one attached hydrogen (secondary N) is 1. The Labute approximate surface area is 133 Å². The van der Waals surface area contributed by atoms with Gasteiger partial charge in [0.15, 0.2) is 0 Å². The number of nitrogens with zero attached hydrogens (tertiary/aromatic N) is 2. The van der Waals surface area contributed by atoms with Gasteiger partial charge in [-0.25, -0.2) is 13.8 Å². The molecule has 0 atom stereocenters. The summed E-state index contributed by atoms with van der Waals surface area (Å²) in [4.78, 5) is 17.9. The van der Waals surface area contributed by atoms with E-state index in [1.165, 1.54) is 6.20 Å². The van der Waals surface area contributed by atoms with Gasteiger partial charge < -0.3 is 15.2 Å². The number of hydrogen-bond donors (Lipinski definition) is 2. The molecule has 2 heterocycles. The first kappa shape index (κ1) is 17.6. The Bertz CT molecular complexity index is 508. The largest absolute Gasteiger partial charge is 0.475 e. The van der Waals surface area contributed by atoms with Crippen molar-refractivity contribution >= 4 is 11.6 Å². The third-order valence-corrected chi connectivity index (χ3v) is 3.70. The van der Waals surface area contributed by atoms with Crippen molar-refractivity contribution in [3.05, 3.63) is 18.3 Å². The van der Waals surface area contributed by atoms with Gasteiger partial charge in [0.25, 0.3) is 6.43 Å². The number of rotatable bonds is 7. The van der Waals surface area contributed by atoms with Crippen molar-refractivity contribution in [2.75, 3.05) is 38.2 Å². The van der Waals surface area contributed by atoms with E-state index in [4.69, 9.17) is 9.84 Å². The molecule has 128 valence electrons. The van der Waals surface area contributed by atoms with Crippen LogP contribution in [0.5, 0.6) is 5.88 Å². The second kappa shape index (κ2) is 8.73. The third kappa shape index (κ3) is 5.72. The highest BCUT2D eigenvalue weighted by atomic mass is 19.3. The van der Waals surface area contributed by atoms with Crippen molar-refractivity contribution in [2.45, 2.75) is 19.3 Å². The summed E-state index contributed by atoms with van der Waals surface area (Å²) in [6.45, 7) is 0.792. The van der Waals surface area contributed by atoms with Gasteiger partial charge in [-0.05, 0) is 32.0 Å². The highest BCUT2D eigenvalue weighted by Gasteiger charge is 2.26. The molecular weight excluding hydrogens is 308 g/mol. The average Bonchev–Trinajstić information content (AvgIpc) is 2.53. The van der Waals surface area contributed by atoms with Crippen molar-refractivity contribution in [1.29, 1.82) is 0 Å². The quantitative estimate of drug-likeness (QED) is 0.790. The number of ether oxygens (including phenoxy) is 1. The molecule has 1 saturated heterocycles. The van der Waals surface area contributed by atoms with Crippen LogP contribution in [0.15, 0.2) is 18.3 Å². The van der Waals surface area contributed by atoms with E-state index in [-0.39, 0.29) is 31.6 Å². The van der Waals surface area contributed by atoms with Gasteiger partial charge in [0.05, 0.1) is 13.2 Å². The van der Waals surface area contributed by atoms with Crippen LogP contribution in [0.2, 0.25) is 0 Å². The number of amides is 1. The zero-order valence-electron chi connectivity index (χ0n) is 12.8. The lowest BCUT2D eigenvalue weighted by atomic mass is 9.96. The summed E-state index contributed by atoms with van der Waals surface area (Å²) < 4.78 is 29.9. The molecule has 1 aliphatic heterocycles. The van der Waals surface area contributed by atoms with Crippen LogP contribution in [-0.2, 0) is 4.79 Å². The topological polar surface area (TPSA) is 74.7 Å². The van der Waals surface area contributed by atoms with Crippen LogP contribution in [0.3, 0.4) is 0 Å². The molecule has 2 N–H and O–H groups in total. The number of anilines is 1. The van der Waals surface area contributed by atoms with E-state index < -0.39 is 6.43 Å². The number of alkyl halides is 2. The maximum Gasteiger partial charge on any atom is 0.251 e. The van der Waals surface area contributed by atoms with E-state index in [2.05, 4.69) is 10.3 Å². The fraction of sp³-hybridized carbons (Fsp3) is 0.600. The van der Waals surface area contributed by atoms with Crippen LogP contribution in [-0.4, -0.2) is 60.2 Å². The molecule has 2 rings (SSSR count). The molecular formula is C15H21F2N3O3. The van der Waals surface area contributed by atoms with E-state index >= 15 is 0 Å². The van der Waals surface area contributed by atoms with Gasteiger partial charge in [0, 0.05) is 23.9 Å². The first-order valence-corrected chi connectivity index (χ1v) is 7.59. The smallest absolute Gasteiger partial charge is 0.251 e. The highest BCUT2D eigenvalue weighted by Crippen LogP contribution is 2.21. The molecule has 0 aromatic carbocycles. The summed E-state index contributed by atoms with van der Waals surface area (Å²) in [5, 5.41) is 11.5. The monoisotopic (exact) mass is 329 g/mol. The van der Waals surface area contributed by atoms with Gasteiger partial charge in [0.2, 0.25) is 11.8 Å². The number of halogens is 2. The van der Waals surface area contributed by atoms with E-state index in [0.29, 0.717) is 37.5 Å². The van der Waals surface area contributed by atoms with Crippen molar-refractivity contribution in [1.82, 2.24) is 9.88 Å². The molecule has 8 heteroatoms. The SMILES string of the molecule is O=C(Nc1ccnc(OCCO)c1)C1CCN(CC(F)F)CC1. The lowest BCUT2D eigenvalue weighted by Gasteiger charge is -2.30. The molecule has 1 aromatic rings. The number of aliphatic hydroxyl groups excluding tert-OH is 1. The summed E-state index contributed by atoms with van der Waals surface area (Å²) in [5.74, 6) is 0.0171. The van der Waals surface area contributed by atoms with Gasteiger partial charge in [0.1, 0.15) is 6.61 Å². The Morgan fingerprint density at radius 1 is 1.48 bits per heavy atom. The van der Waals surface area contributed by atoms with Crippen molar-refractivity contribution in [3.63, 3.8) is 0 Å². The van der Waals surface area contributed by atoms with E-state index in [0.717, 1.165) is 0 Å². The predicted octanol–water partition coefficient (Wildman–Crippen LogP) is 1.37. The molecule has 0 aliphatic carbocycles. The van der Waals surface area contributed by atoms with Gasteiger partial charge in [-0.2, -0.15) is 0 Å². The van der Waals surface area contributed by atoms with Gasteiger partial charge in [-0.1, -0.05) is 0 Å². The minimum Gasteiger partial charge on any atom is -0.475 e. The number of carbonyl (C=O) groups excluding carboxylic acids is 1. The van der Waals surface area contributed by atoms with E-state index in [9.17, 15) is 13.6 Å². The standard InChI is InChI=1S/C15H21F2N3O3/c16-13(17)10-20-5-2-11(3-6-20)15(22)19-12-1-4-18-14(9-12)23-8-7-21/h1,4,9,11,13,21H,2-3,5-8,10H2,(H,18,19,22).